The van der Waals surface area contributed by atoms with E-state index in [-0.39, 0.29) is 29.0 Å². The topological polar surface area (TPSA) is 92.2 Å². The lowest BCUT2D eigenvalue weighted by Gasteiger charge is -2.16. The second-order valence-corrected chi connectivity index (χ2v) is 7.30. The molecule has 1 atom stereocenters. The molecule has 27 heavy (non-hydrogen) atoms. The molecule has 9 heteroatoms. The number of aromatic nitrogens is 2. The van der Waals surface area contributed by atoms with E-state index in [0.717, 1.165) is 11.1 Å². The van der Waals surface area contributed by atoms with Crippen LogP contribution in [0.1, 0.15) is 32.3 Å². The number of nitrogens with one attached hydrogen (secondary N) is 1. The molecule has 6 nitrogen and oxygen atoms in total. The zero-order valence-electron chi connectivity index (χ0n) is 13.7. The van der Waals surface area contributed by atoms with E-state index in [9.17, 15) is 9.59 Å². The average molecular weight is 422 g/mol. The van der Waals surface area contributed by atoms with Gasteiger partial charge in [0.2, 0.25) is 5.78 Å². The highest BCUT2D eigenvalue weighted by molar-refractivity contribution is 7.12. The number of carbonyl (C=O) groups is 2. The van der Waals surface area contributed by atoms with E-state index in [1.54, 1.807) is 24.3 Å². The van der Waals surface area contributed by atoms with Gasteiger partial charge in [0.05, 0.1) is 10.4 Å². The zero-order valence-corrected chi connectivity index (χ0v) is 16.1. The van der Waals surface area contributed by atoms with Crippen LogP contribution in [0.15, 0.2) is 48.2 Å². The lowest BCUT2D eigenvalue weighted by atomic mass is 9.92. The molecule has 138 valence electrons. The molecule has 0 spiro atoms. The lowest BCUT2D eigenvalue weighted by Crippen LogP contribution is -2.27. The SMILES string of the molecule is O=C(O)NCC(c1cccc(Cl)c1)c1csc(C(=O)c2cncnc2Cl)c1. The Morgan fingerprint density at radius 3 is 2.74 bits per heavy atom. The first-order valence-corrected chi connectivity index (χ1v) is 9.40. The minimum atomic E-state index is -1.12. The van der Waals surface area contributed by atoms with Gasteiger partial charge in [-0.25, -0.2) is 14.8 Å². The Bertz CT molecular complexity index is 993. The van der Waals surface area contributed by atoms with E-state index >= 15 is 0 Å². The van der Waals surface area contributed by atoms with Gasteiger partial charge in [0.25, 0.3) is 0 Å². The van der Waals surface area contributed by atoms with Crippen molar-refractivity contribution in [2.24, 2.45) is 0 Å². The second-order valence-electron chi connectivity index (χ2n) is 5.59. The fourth-order valence-electron chi connectivity index (χ4n) is 2.59. The maximum atomic E-state index is 12.7. The summed E-state index contributed by atoms with van der Waals surface area (Å²) in [7, 11) is 0. The number of amides is 1. The van der Waals surface area contributed by atoms with E-state index in [1.807, 2.05) is 11.4 Å². The van der Waals surface area contributed by atoms with Crippen LogP contribution in [0.3, 0.4) is 0 Å². The number of hydrogen-bond donors (Lipinski definition) is 2. The predicted molar refractivity (Wildman–Crippen MR) is 104 cm³/mol. The van der Waals surface area contributed by atoms with Crippen LogP contribution >= 0.6 is 34.5 Å². The normalized spacial score (nSPS) is 11.8. The zero-order chi connectivity index (χ0) is 19.4. The molecule has 0 aliphatic carbocycles. The third kappa shape index (κ3) is 4.63. The largest absolute Gasteiger partial charge is 0.465 e. The van der Waals surface area contributed by atoms with Crippen LogP contribution in [0, 0.1) is 0 Å². The van der Waals surface area contributed by atoms with Crippen molar-refractivity contribution in [1.82, 2.24) is 15.3 Å². The number of carbonyl (C=O) groups excluding carboxylic acids is 1. The van der Waals surface area contributed by atoms with E-state index < -0.39 is 6.09 Å². The Labute approximate surface area is 168 Å². The van der Waals surface area contributed by atoms with Gasteiger partial charge < -0.3 is 10.4 Å². The molecule has 2 heterocycles. The Kier molecular flexibility index (Phi) is 6.05. The van der Waals surface area contributed by atoms with Gasteiger partial charge in [-0.3, -0.25) is 4.79 Å². The van der Waals surface area contributed by atoms with Crippen LogP contribution in [0.4, 0.5) is 4.79 Å². The predicted octanol–water partition coefficient (Wildman–Crippen LogP) is 4.48. The molecule has 1 amide bonds. The first-order valence-electron chi connectivity index (χ1n) is 7.76. The van der Waals surface area contributed by atoms with Gasteiger partial charge in [0.15, 0.2) is 0 Å². The van der Waals surface area contributed by atoms with Crippen molar-refractivity contribution in [3.63, 3.8) is 0 Å². The van der Waals surface area contributed by atoms with Gasteiger partial charge in [-0.15, -0.1) is 11.3 Å². The van der Waals surface area contributed by atoms with Gasteiger partial charge in [-0.05, 0) is 34.7 Å². The molecule has 0 saturated heterocycles. The van der Waals surface area contributed by atoms with Crippen LogP contribution in [0.2, 0.25) is 10.2 Å². The van der Waals surface area contributed by atoms with Crippen molar-refractivity contribution in [1.29, 1.82) is 0 Å². The van der Waals surface area contributed by atoms with Gasteiger partial charge >= 0.3 is 6.09 Å². The standard InChI is InChI=1S/C18H13Cl2N3O3S/c19-12-3-1-2-10(4-12)13(7-22-18(25)26)11-5-15(27-8-11)16(24)14-6-21-9-23-17(14)20/h1-6,8-9,13,22H,7H2,(H,25,26). The maximum absolute atomic E-state index is 12.7. The summed E-state index contributed by atoms with van der Waals surface area (Å²) in [6.07, 6.45) is 1.52. The van der Waals surface area contributed by atoms with Crippen molar-refractivity contribution in [3.05, 3.63) is 80.0 Å². The molecule has 1 aromatic carbocycles. The highest BCUT2D eigenvalue weighted by atomic mass is 35.5. The smallest absolute Gasteiger partial charge is 0.404 e. The summed E-state index contributed by atoms with van der Waals surface area (Å²) in [5.74, 6) is -0.576. The van der Waals surface area contributed by atoms with Crippen LogP contribution in [0.5, 0.6) is 0 Å². The van der Waals surface area contributed by atoms with Crippen LogP contribution in [-0.2, 0) is 0 Å². The van der Waals surface area contributed by atoms with E-state index in [1.165, 1.54) is 23.9 Å². The molecule has 0 bridgehead atoms. The first kappa shape index (κ1) is 19.3. The third-order valence-corrected chi connectivity index (χ3v) is 5.35. The molecule has 0 aliphatic heterocycles. The summed E-state index contributed by atoms with van der Waals surface area (Å²) in [5, 5.41) is 13.8. The fraction of sp³-hybridized carbons (Fsp3) is 0.111. The summed E-state index contributed by atoms with van der Waals surface area (Å²) in [6.45, 7) is 0.148. The van der Waals surface area contributed by atoms with Crippen molar-refractivity contribution < 1.29 is 14.7 Å². The Balaban J connectivity index is 1.93. The second kappa shape index (κ2) is 8.47. The lowest BCUT2D eigenvalue weighted by molar-refractivity contribution is 0.104. The van der Waals surface area contributed by atoms with Gasteiger partial charge in [-0.1, -0.05) is 35.3 Å². The molecule has 2 N–H and O–H groups in total. The molecule has 0 radical (unpaired) electrons. The molecular weight excluding hydrogens is 409 g/mol. The van der Waals surface area contributed by atoms with Crippen LogP contribution < -0.4 is 5.32 Å². The number of ketones is 1. The van der Waals surface area contributed by atoms with Crippen molar-refractivity contribution >= 4 is 46.4 Å². The monoisotopic (exact) mass is 421 g/mol. The summed E-state index contributed by atoms with van der Waals surface area (Å²) < 4.78 is 0. The number of nitrogens with zero attached hydrogens (tertiary/aromatic N) is 2. The maximum Gasteiger partial charge on any atom is 0.404 e. The van der Waals surface area contributed by atoms with Crippen LogP contribution in [0.25, 0.3) is 0 Å². The highest BCUT2D eigenvalue weighted by Crippen LogP contribution is 2.31. The number of benzene rings is 1. The molecule has 0 saturated carbocycles. The number of hydrogen-bond acceptors (Lipinski definition) is 5. The first-order chi connectivity index (χ1) is 13.0. The third-order valence-electron chi connectivity index (χ3n) is 3.86. The minimum absolute atomic E-state index is 0.0869. The van der Waals surface area contributed by atoms with Crippen molar-refractivity contribution in [2.45, 2.75) is 5.92 Å². The van der Waals surface area contributed by atoms with Crippen LogP contribution in [-0.4, -0.2) is 33.5 Å². The Morgan fingerprint density at radius 1 is 1.22 bits per heavy atom. The fourth-order valence-corrected chi connectivity index (χ4v) is 3.89. The molecular formula is C18H13Cl2N3O3S. The average Bonchev–Trinajstić information content (AvgIpc) is 3.11. The van der Waals surface area contributed by atoms with E-state index in [0.29, 0.717) is 9.90 Å². The van der Waals surface area contributed by atoms with Gasteiger partial charge in [0.1, 0.15) is 11.5 Å². The van der Waals surface area contributed by atoms with Crippen molar-refractivity contribution in [2.75, 3.05) is 6.54 Å². The van der Waals surface area contributed by atoms with Crippen molar-refractivity contribution in [3.8, 4) is 0 Å². The molecule has 0 aliphatic rings. The van der Waals surface area contributed by atoms with Gasteiger partial charge in [0, 0.05) is 23.7 Å². The Hall–Kier alpha value is -2.48. The molecule has 3 aromatic rings. The van der Waals surface area contributed by atoms with Gasteiger partial charge in [-0.2, -0.15) is 0 Å². The summed E-state index contributed by atoms with van der Waals surface area (Å²) in [5.41, 5.74) is 1.86. The molecule has 0 fully saturated rings. The Morgan fingerprint density at radius 2 is 2.04 bits per heavy atom. The summed E-state index contributed by atoms with van der Waals surface area (Å²) >= 11 is 13.3. The minimum Gasteiger partial charge on any atom is -0.465 e. The molecule has 2 aromatic heterocycles. The number of carboxylic acid groups (broad SMARTS) is 1. The quantitative estimate of drug-likeness (QED) is 0.452. The highest BCUT2D eigenvalue weighted by Gasteiger charge is 2.21. The number of thiophene rings is 1. The number of rotatable bonds is 6. The van der Waals surface area contributed by atoms with E-state index in [4.69, 9.17) is 28.3 Å². The summed E-state index contributed by atoms with van der Waals surface area (Å²) in [4.78, 5) is 31.7. The summed E-state index contributed by atoms with van der Waals surface area (Å²) in [6, 6.07) is 8.90. The molecule has 1 unspecified atom stereocenters. The number of halogens is 2. The van der Waals surface area contributed by atoms with E-state index in [2.05, 4.69) is 15.3 Å². The molecule has 3 rings (SSSR count).